The highest BCUT2D eigenvalue weighted by atomic mass is 16.2. The summed E-state index contributed by atoms with van der Waals surface area (Å²) in [4.78, 5) is 25.9. The summed E-state index contributed by atoms with van der Waals surface area (Å²) in [5.74, 6) is 0.573. The van der Waals surface area contributed by atoms with Crippen LogP contribution in [0.1, 0.15) is 51.5 Å². The normalized spacial score (nSPS) is 21.0. The second kappa shape index (κ2) is 10.3. The summed E-state index contributed by atoms with van der Waals surface area (Å²) in [7, 11) is 0. The summed E-state index contributed by atoms with van der Waals surface area (Å²) < 4.78 is 0. The van der Waals surface area contributed by atoms with E-state index in [2.05, 4.69) is 24.5 Å². The van der Waals surface area contributed by atoms with Crippen LogP contribution in [0, 0.1) is 12.8 Å². The maximum Gasteiger partial charge on any atom is 0.279 e. The fourth-order valence-corrected chi connectivity index (χ4v) is 3.74. The van der Waals surface area contributed by atoms with Gasteiger partial charge in [-0.15, -0.1) is 0 Å². The number of benzene rings is 1. The lowest BCUT2D eigenvalue weighted by Crippen LogP contribution is -3.14. The molecule has 144 valence electrons. The van der Waals surface area contributed by atoms with Crippen molar-refractivity contribution in [2.45, 2.75) is 58.9 Å². The van der Waals surface area contributed by atoms with Gasteiger partial charge in [-0.2, -0.15) is 0 Å². The van der Waals surface area contributed by atoms with Crippen LogP contribution in [-0.4, -0.2) is 37.5 Å². The van der Waals surface area contributed by atoms with Crippen molar-refractivity contribution >= 4 is 17.5 Å². The molecule has 3 atom stereocenters. The topological polar surface area (TPSA) is 62.6 Å². The van der Waals surface area contributed by atoms with Crippen LogP contribution in [0.15, 0.2) is 24.3 Å². The molecule has 0 aromatic heterocycles. The van der Waals surface area contributed by atoms with Crippen LogP contribution in [0.25, 0.3) is 0 Å². The average Bonchev–Trinajstić information content (AvgIpc) is 2.59. The molecule has 2 rings (SSSR count). The molecule has 0 bridgehead atoms. The van der Waals surface area contributed by atoms with E-state index < -0.39 is 0 Å². The second-order valence-corrected chi connectivity index (χ2v) is 7.65. The molecule has 0 heterocycles. The predicted octanol–water partition coefficient (Wildman–Crippen LogP) is 1.92. The van der Waals surface area contributed by atoms with Gasteiger partial charge >= 0.3 is 0 Å². The minimum atomic E-state index is -0.0402. The highest BCUT2D eigenvalue weighted by Crippen LogP contribution is 2.23. The van der Waals surface area contributed by atoms with Gasteiger partial charge in [0.2, 0.25) is 0 Å². The Labute approximate surface area is 157 Å². The van der Waals surface area contributed by atoms with Crippen molar-refractivity contribution in [3.05, 3.63) is 29.8 Å². The number of hydrogen-bond acceptors (Lipinski definition) is 2. The number of rotatable bonds is 8. The summed E-state index contributed by atoms with van der Waals surface area (Å²) in [5, 5.41) is 6.17. The van der Waals surface area contributed by atoms with Gasteiger partial charge in [-0.25, -0.2) is 0 Å². The molecule has 5 nitrogen and oxygen atoms in total. The first-order valence-electron chi connectivity index (χ1n) is 9.98. The molecule has 3 N–H and O–H groups in total. The van der Waals surface area contributed by atoms with Crippen LogP contribution in [0.2, 0.25) is 0 Å². The van der Waals surface area contributed by atoms with Gasteiger partial charge in [-0.05, 0) is 43.7 Å². The summed E-state index contributed by atoms with van der Waals surface area (Å²) in [6, 6.07) is 8.04. The molecule has 1 aliphatic carbocycles. The number of hydrogen-bond donors (Lipinski definition) is 3. The molecule has 0 radical (unpaired) electrons. The maximum absolute atomic E-state index is 12.5. The Bertz CT molecular complexity index is 603. The molecule has 0 saturated heterocycles. The third-order valence-corrected chi connectivity index (χ3v) is 5.30. The molecule has 0 spiro atoms. The zero-order valence-corrected chi connectivity index (χ0v) is 16.4. The zero-order chi connectivity index (χ0) is 18.9. The van der Waals surface area contributed by atoms with Gasteiger partial charge in [0.15, 0.2) is 13.1 Å². The number of quaternary nitrogens is 1. The second-order valence-electron chi connectivity index (χ2n) is 7.65. The van der Waals surface area contributed by atoms with E-state index in [4.69, 9.17) is 0 Å². The van der Waals surface area contributed by atoms with E-state index in [1.54, 1.807) is 0 Å². The van der Waals surface area contributed by atoms with Crippen LogP contribution in [0.3, 0.4) is 0 Å². The van der Waals surface area contributed by atoms with Gasteiger partial charge in [0.05, 0.1) is 6.54 Å². The molecule has 1 unspecified atom stereocenters. The summed E-state index contributed by atoms with van der Waals surface area (Å²) in [6.07, 6.45) is 5.67. The Morgan fingerprint density at radius 2 is 1.81 bits per heavy atom. The lowest BCUT2D eigenvalue weighted by molar-refractivity contribution is -0.883. The minimum Gasteiger partial charge on any atom is -0.348 e. The summed E-state index contributed by atoms with van der Waals surface area (Å²) in [6.45, 7) is 7.77. The lowest BCUT2D eigenvalue weighted by Gasteiger charge is -2.30. The van der Waals surface area contributed by atoms with Crippen LogP contribution in [0.5, 0.6) is 0 Å². The van der Waals surface area contributed by atoms with Crippen LogP contribution >= 0.6 is 0 Å². The van der Waals surface area contributed by atoms with Crippen molar-refractivity contribution < 1.29 is 14.5 Å². The SMILES string of the molecule is CCC[NH+](CC(=O)Nc1ccccc1C)CC(=O)N[C@H]1CCCC[C@@H]1C. The monoisotopic (exact) mass is 360 g/mol. The number of carbonyl (C=O) groups is 2. The summed E-state index contributed by atoms with van der Waals surface area (Å²) in [5.41, 5.74) is 1.88. The molecule has 1 aromatic rings. The number of aryl methyl sites for hydroxylation is 1. The fraction of sp³-hybridized carbons (Fsp3) is 0.619. The molecule has 1 saturated carbocycles. The maximum atomic E-state index is 12.5. The first-order valence-corrected chi connectivity index (χ1v) is 9.98. The molecule has 26 heavy (non-hydrogen) atoms. The van der Waals surface area contributed by atoms with Gasteiger partial charge in [0, 0.05) is 11.7 Å². The standard InChI is InChI=1S/C21H33N3O2/c1-4-13-24(14-20(25)22-18-11-7-5-9-16(18)2)15-21(26)23-19-12-8-6-10-17(19)3/h5,7,9,11,17,19H,4,6,8,10,12-15H2,1-3H3,(H,22,25)(H,23,26)/p+1/t17-,19-/m0/s1. The predicted molar refractivity (Wildman–Crippen MR) is 105 cm³/mol. The molecule has 0 aliphatic heterocycles. The van der Waals surface area contributed by atoms with E-state index in [-0.39, 0.29) is 11.8 Å². The van der Waals surface area contributed by atoms with E-state index >= 15 is 0 Å². The molecule has 1 fully saturated rings. The lowest BCUT2D eigenvalue weighted by atomic mass is 9.86. The van der Waals surface area contributed by atoms with Crippen molar-refractivity contribution in [1.29, 1.82) is 0 Å². The van der Waals surface area contributed by atoms with E-state index in [1.165, 1.54) is 19.3 Å². The number of amides is 2. The third kappa shape index (κ3) is 6.45. The Balaban J connectivity index is 1.85. The van der Waals surface area contributed by atoms with E-state index in [9.17, 15) is 9.59 Å². The van der Waals surface area contributed by atoms with Gasteiger partial charge < -0.3 is 15.5 Å². The van der Waals surface area contributed by atoms with E-state index in [1.807, 2.05) is 31.2 Å². The Kier molecular flexibility index (Phi) is 8.10. The first-order chi connectivity index (χ1) is 12.5. The van der Waals surface area contributed by atoms with Crippen molar-refractivity contribution in [3.8, 4) is 0 Å². The zero-order valence-electron chi connectivity index (χ0n) is 16.4. The highest BCUT2D eigenvalue weighted by molar-refractivity contribution is 5.92. The number of carbonyl (C=O) groups excluding carboxylic acids is 2. The Morgan fingerprint density at radius 3 is 2.50 bits per heavy atom. The number of nitrogens with one attached hydrogen (secondary N) is 3. The van der Waals surface area contributed by atoms with Crippen LogP contribution < -0.4 is 15.5 Å². The van der Waals surface area contributed by atoms with Gasteiger partial charge in [-0.1, -0.05) is 44.9 Å². The van der Waals surface area contributed by atoms with E-state index in [0.29, 0.717) is 25.0 Å². The largest absolute Gasteiger partial charge is 0.348 e. The van der Waals surface area contributed by atoms with Gasteiger partial charge in [-0.3, -0.25) is 9.59 Å². The van der Waals surface area contributed by atoms with Crippen LogP contribution in [-0.2, 0) is 9.59 Å². The smallest absolute Gasteiger partial charge is 0.279 e. The quantitative estimate of drug-likeness (QED) is 0.663. The molecular weight excluding hydrogens is 326 g/mol. The molecule has 1 aliphatic rings. The fourth-order valence-electron chi connectivity index (χ4n) is 3.74. The van der Waals surface area contributed by atoms with Gasteiger partial charge in [0.25, 0.3) is 11.8 Å². The van der Waals surface area contributed by atoms with Crippen molar-refractivity contribution in [2.24, 2.45) is 5.92 Å². The Hall–Kier alpha value is -1.88. The number of anilines is 1. The average molecular weight is 361 g/mol. The first kappa shape index (κ1) is 20.4. The molecule has 5 heteroatoms. The highest BCUT2D eigenvalue weighted by Gasteiger charge is 2.25. The van der Waals surface area contributed by atoms with Crippen molar-refractivity contribution in [1.82, 2.24) is 5.32 Å². The molecular formula is C21H34N3O2+. The van der Waals surface area contributed by atoms with Crippen molar-refractivity contribution in [2.75, 3.05) is 25.0 Å². The molecule has 1 aromatic carbocycles. The van der Waals surface area contributed by atoms with Crippen LogP contribution in [0.4, 0.5) is 5.69 Å². The van der Waals surface area contributed by atoms with Gasteiger partial charge in [0.1, 0.15) is 0 Å². The Morgan fingerprint density at radius 1 is 1.12 bits per heavy atom. The summed E-state index contributed by atoms with van der Waals surface area (Å²) >= 11 is 0. The number of para-hydroxylation sites is 1. The minimum absolute atomic E-state index is 0.0402. The van der Waals surface area contributed by atoms with Crippen molar-refractivity contribution in [3.63, 3.8) is 0 Å². The third-order valence-electron chi connectivity index (χ3n) is 5.30. The molecule has 2 amide bonds. The van der Waals surface area contributed by atoms with E-state index in [0.717, 1.165) is 35.5 Å².